The first kappa shape index (κ1) is 26.6. The van der Waals surface area contributed by atoms with Crippen molar-refractivity contribution in [2.45, 2.75) is 13.8 Å². The van der Waals surface area contributed by atoms with Crippen molar-refractivity contribution in [1.82, 2.24) is 0 Å². The molecule has 36 heavy (non-hydrogen) atoms. The molecule has 2 N–H and O–H groups in total. The fourth-order valence-electron chi connectivity index (χ4n) is 3.18. The maximum Gasteiger partial charge on any atom is 0.266 e. The summed E-state index contributed by atoms with van der Waals surface area (Å²) in [5.41, 5.74) is 3.39. The van der Waals surface area contributed by atoms with Crippen LogP contribution in [0.3, 0.4) is 0 Å². The van der Waals surface area contributed by atoms with E-state index in [1.807, 2.05) is 38.1 Å². The minimum absolute atomic E-state index is 0.118. The van der Waals surface area contributed by atoms with Crippen molar-refractivity contribution in [2.24, 2.45) is 0 Å². The van der Waals surface area contributed by atoms with Crippen molar-refractivity contribution < 1.29 is 19.1 Å². The third kappa shape index (κ3) is 7.01. The smallest absolute Gasteiger partial charge is 0.266 e. The van der Waals surface area contributed by atoms with Crippen LogP contribution in [-0.4, -0.2) is 25.5 Å². The Hall–Kier alpha value is -3.99. The second-order valence-electron chi connectivity index (χ2n) is 7.82. The minimum atomic E-state index is -0.599. The third-order valence-corrected chi connectivity index (χ3v) is 5.62. The number of nitriles is 1. The van der Waals surface area contributed by atoms with E-state index in [0.717, 1.165) is 11.1 Å². The lowest BCUT2D eigenvalue weighted by Crippen LogP contribution is -2.21. The fourth-order valence-corrected chi connectivity index (χ4v) is 3.80. The zero-order valence-electron chi connectivity index (χ0n) is 19.8. The molecule has 0 unspecified atom stereocenters. The van der Waals surface area contributed by atoms with Gasteiger partial charge >= 0.3 is 0 Å². The molecule has 0 aliphatic carbocycles. The topological polar surface area (TPSA) is 100 Å². The molecule has 0 heterocycles. The second-order valence-corrected chi connectivity index (χ2v) is 8.64. The predicted octanol–water partition coefficient (Wildman–Crippen LogP) is 6.18. The number of benzene rings is 3. The molecule has 0 saturated heterocycles. The number of anilines is 2. The van der Waals surface area contributed by atoms with Crippen LogP contribution in [0.4, 0.5) is 11.4 Å². The number of nitrogens with zero attached hydrogens (tertiary/aromatic N) is 1. The van der Waals surface area contributed by atoms with E-state index in [4.69, 9.17) is 32.7 Å². The van der Waals surface area contributed by atoms with Crippen LogP contribution in [0.25, 0.3) is 6.08 Å². The number of halogens is 2. The van der Waals surface area contributed by atoms with Gasteiger partial charge in [0.05, 0.1) is 17.2 Å². The fraction of sp³-hybridized carbons (Fsp3) is 0.148. The van der Waals surface area contributed by atoms with E-state index in [2.05, 4.69) is 10.6 Å². The van der Waals surface area contributed by atoms with E-state index in [1.165, 1.54) is 25.3 Å². The van der Waals surface area contributed by atoms with Crippen LogP contribution in [0.2, 0.25) is 10.0 Å². The van der Waals surface area contributed by atoms with E-state index in [9.17, 15) is 14.9 Å². The summed E-state index contributed by atoms with van der Waals surface area (Å²) in [6.45, 7) is 3.51. The van der Waals surface area contributed by atoms with Gasteiger partial charge in [0.25, 0.3) is 11.8 Å². The Morgan fingerprint density at radius 2 is 1.67 bits per heavy atom. The number of methoxy groups -OCH3 is 1. The molecule has 9 heteroatoms. The monoisotopic (exact) mass is 523 g/mol. The molecule has 0 aliphatic heterocycles. The van der Waals surface area contributed by atoms with Crippen molar-refractivity contribution in [3.05, 3.63) is 86.9 Å². The Balaban J connectivity index is 1.69. The van der Waals surface area contributed by atoms with Crippen molar-refractivity contribution >= 4 is 52.5 Å². The Bertz CT molecular complexity index is 1340. The van der Waals surface area contributed by atoms with Crippen molar-refractivity contribution in [2.75, 3.05) is 24.4 Å². The van der Waals surface area contributed by atoms with Gasteiger partial charge in [-0.15, -0.1) is 0 Å². The molecule has 3 aromatic carbocycles. The second kappa shape index (κ2) is 12.1. The highest BCUT2D eigenvalue weighted by Crippen LogP contribution is 2.35. The van der Waals surface area contributed by atoms with Gasteiger partial charge in [0.2, 0.25) is 0 Å². The summed E-state index contributed by atoms with van der Waals surface area (Å²) in [6.07, 6.45) is 1.35. The lowest BCUT2D eigenvalue weighted by atomic mass is 10.1. The Morgan fingerprint density at radius 3 is 2.28 bits per heavy atom. The van der Waals surface area contributed by atoms with E-state index in [-0.39, 0.29) is 33.9 Å². The normalized spacial score (nSPS) is 10.8. The minimum Gasteiger partial charge on any atom is -0.497 e. The summed E-state index contributed by atoms with van der Waals surface area (Å²) < 4.78 is 10.6. The Kier molecular flexibility index (Phi) is 8.96. The van der Waals surface area contributed by atoms with Crippen molar-refractivity contribution in [1.29, 1.82) is 5.26 Å². The largest absolute Gasteiger partial charge is 0.497 e. The molecule has 0 fully saturated rings. The molecule has 0 aromatic heterocycles. The van der Waals surface area contributed by atoms with Crippen LogP contribution in [0, 0.1) is 25.2 Å². The molecule has 7 nitrogen and oxygen atoms in total. The van der Waals surface area contributed by atoms with E-state index < -0.39 is 5.91 Å². The number of carbonyl (C=O) groups excluding carboxylic acids is 2. The van der Waals surface area contributed by atoms with Gasteiger partial charge in [-0.3, -0.25) is 9.59 Å². The standard InChI is InChI=1S/C27H23Cl2N3O4/c1-16-4-5-17(2)24(10-16)32-25(33)15-36-26-22(28)12-18(13-23(26)29)11-19(14-30)27(34)31-20-6-8-21(35-3)9-7-20/h4-13H,15H2,1-3H3,(H,31,34)(H,32,33)/b19-11-. The molecule has 3 rings (SSSR count). The molecule has 0 saturated carbocycles. The molecule has 2 amide bonds. The van der Waals surface area contributed by atoms with E-state index >= 15 is 0 Å². The maximum absolute atomic E-state index is 12.5. The van der Waals surface area contributed by atoms with Crippen LogP contribution < -0.4 is 20.1 Å². The number of ether oxygens (including phenoxy) is 2. The van der Waals surface area contributed by atoms with Crippen LogP contribution in [0.5, 0.6) is 11.5 Å². The molecular weight excluding hydrogens is 501 g/mol. The number of nitrogens with one attached hydrogen (secondary N) is 2. The summed E-state index contributed by atoms with van der Waals surface area (Å²) in [5, 5.41) is 15.2. The number of hydrogen-bond donors (Lipinski definition) is 2. The molecule has 184 valence electrons. The lowest BCUT2D eigenvalue weighted by molar-refractivity contribution is -0.118. The highest BCUT2D eigenvalue weighted by Gasteiger charge is 2.15. The molecule has 0 atom stereocenters. The van der Waals surface area contributed by atoms with Crippen LogP contribution in [-0.2, 0) is 9.59 Å². The third-order valence-electron chi connectivity index (χ3n) is 5.06. The van der Waals surface area contributed by atoms with Gasteiger partial charge < -0.3 is 20.1 Å². The summed E-state index contributed by atoms with van der Waals surface area (Å²) in [7, 11) is 1.54. The van der Waals surface area contributed by atoms with Gasteiger partial charge in [-0.1, -0.05) is 35.3 Å². The zero-order chi connectivity index (χ0) is 26.2. The summed E-state index contributed by atoms with van der Waals surface area (Å²) >= 11 is 12.6. The molecule has 0 radical (unpaired) electrons. The number of amides is 2. The van der Waals surface area contributed by atoms with Gasteiger partial charge in [-0.25, -0.2) is 0 Å². The molecule has 0 spiro atoms. The Morgan fingerprint density at radius 1 is 1.00 bits per heavy atom. The number of carbonyl (C=O) groups is 2. The summed E-state index contributed by atoms with van der Waals surface area (Å²) in [5.74, 6) is -0.216. The van der Waals surface area contributed by atoms with Crippen LogP contribution in [0.15, 0.2) is 60.2 Å². The molecule has 0 aliphatic rings. The van der Waals surface area contributed by atoms with Crippen LogP contribution in [0.1, 0.15) is 16.7 Å². The highest BCUT2D eigenvalue weighted by molar-refractivity contribution is 6.37. The quantitative estimate of drug-likeness (QED) is 0.271. The van der Waals surface area contributed by atoms with E-state index in [1.54, 1.807) is 24.3 Å². The van der Waals surface area contributed by atoms with Crippen molar-refractivity contribution in [3.63, 3.8) is 0 Å². The zero-order valence-corrected chi connectivity index (χ0v) is 21.3. The number of rotatable bonds is 8. The van der Waals surface area contributed by atoms with E-state index in [0.29, 0.717) is 22.7 Å². The van der Waals surface area contributed by atoms with Gasteiger partial charge in [-0.05, 0) is 79.1 Å². The molecule has 3 aromatic rings. The average Bonchev–Trinajstić information content (AvgIpc) is 2.84. The van der Waals surface area contributed by atoms with Gasteiger partial charge in [0.1, 0.15) is 17.4 Å². The molecular formula is C27H23Cl2N3O4. The van der Waals surface area contributed by atoms with Crippen molar-refractivity contribution in [3.8, 4) is 17.6 Å². The average molecular weight is 524 g/mol. The first-order chi connectivity index (χ1) is 17.2. The highest BCUT2D eigenvalue weighted by atomic mass is 35.5. The Labute approximate surface area is 219 Å². The molecule has 0 bridgehead atoms. The maximum atomic E-state index is 12.5. The summed E-state index contributed by atoms with van der Waals surface area (Å²) in [4.78, 5) is 24.9. The number of aryl methyl sites for hydroxylation is 2. The lowest BCUT2D eigenvalue weighted by Gasteiger charge is -2.13. The summed E-state index contributed by atoms with van der Waals surface area (Å²) in [6, 6.07) is 17.3. The SMILES string of the molecule is COc1ccc(NC(=O)/C(C#N)=C\c2cc(Cl)c(OCC(=O)Nc3cc(C)ccc3C)c(Cl)c2)cc1. The number of hydrogen-bond acceptors (Lipinski definition) is 5. The van der Waals surface area contributed by atoms with Gasteiger partial charge in [0.15, 0.2) is 12.4 Å². The first-order valence-corrected chi connectivity index (χ1v) is 11.5. The van der Waals surface area contributed by atoms with Gasteiger partial charge in [-0.2, -0.15) is 5.26 Å². The van der Waals surface area contributed by atoms with Crippen LogP contribution >= 0.6 is 23.2 Å². The first-order valence-electron chi connectivity index (χ1n) is 10.8. The predicted molar refractivity (Wildman–Crippen MR) is 142 cm³/mol. The van der Waals surface area contributed by atoms with Gasteiger partial charge in [0, 0.05) is 11.4 Å².